The van der Waals surface area contributed by atoms with Crippen molar-refractivity contribution in [2.45, 2.75) is 40.0 Å². The average molecular weight is 431 g/mol. The van der Waals surface area contributed by atoms with Crippen molar-refractivity contribution in [3.05, 3.63) is 90.0 Å². The number of carboxylic acids is 1. The lowest BCUT2D eigenvalue weighted by atomic mass is 9.90. The molecule has 0 heterocycles. The molecule has 0 spiro atoms. The van der Waals surface area contributed by atoms with Gasteiger partial charge in [-0.2, -0.15) is 0 Å². The Labute approximate surface area is 192 Å². The smallest absolute Gasteiger partial charge is 0.328 e. The summed E-state index contributed by atoms with van der Waals surface area (Å²) in [6.45, 7) is 10.5. The van der Waals surface area contributed by atoms with Crippen molar-refractivity contribution in [2.75, 3.05) is 7.11 Å². The van der Waals surface area contributed by atoms with Crippen molar-refractivity contribution in [3.63, 3.8) is 0 Å². The standard InChI is InChI=1S/C29H34O3/c1-6-8-11-23-19-24(13-16-27(23)22(7-2)12-9-10-21(3)4)28-17-15-26(32-5)20-25(28)14-18-29(30)31/h7,9-10,12-21H,2,6,8,11H2,1,3-5H3,(H,30,31)/b10-9-,18-14+,22-12+. The van der Waals surface area contributed by atoms with E-state index < -0.39 is 5.97 Å². The van der Waals surface area contributed by atoms with Crippen LogP contribution in [0.2, 0.25) is 0 Å². The molecule has 3 nitrogen and oxygen atoms in total. The number of unbranched alkanes of at least 4 members (excludes halogenated alkanes) is 1. The monoisotopic (exact) mass is 430 g/mol. The molecule has 32 heavy (non-hydrogen) atoms. The average Bonchev–Trinajstić information content (AvgIpc) is 2.78. The summed E-state index contributed by atoms with van der Waals surface area (Å²) in [5.74, 6) is 0.204. The highest BCUT2D eigenvalue weighted by Crippen LogP contribution is 2.32. The number of methoxy groups -OCH3 is 1. The third-order valence-electron chi connectivity index (χ3n) is 5.18. The molecule has 3 heteroatoms. The van der Waals surface area contributed by atoms with Crippen molar-refractivity contribution in [1.82, 2.24) is 0 Å². The third-order valence-corrected chi connectivity index (χ3v) is 5.18. The van der Waals surface area contributed by atoms with Crippen LogP contribution in [0.4, 0.5) is 0 Å². The molecule has 2 aromatic rings. The highest BCUT2D eigenvalue weighted by atomic mass is 16.5. The summed E-state index contributed by atoms with van der Waals surface area (Å²) in [6.07, 6.45) is 14.2. The fourth-order valence-electron chi connectivity index (χ4n) is 3.50. The molecule has 0 unspecified atom stereocenters. The molecule has 0 bridgehead atoms. The number of aliphatic carboxylic acids is 1. The van der Waals surface area contributed by atoms with Gasteiger partial charge in [0.2, 0.25) is 0 Å². The lowest BCUT2D eigenvalue weighted by Crippen LogP contribution is -1.96. The first-order valence-corrected chi connectivity index (χ1v) is 11.1. The van der Waals surface area contributed by atoms with E-state index in [1.165, 1.54) is 11.1 Å². The van der Waals surface area contributed by atoms with E-state index in [0.29, 0.717) is 11.7 Å². The lowest BCUT2D eigenvalue weighted by molar-refractivity contribution is -0.131. The van der Waals surface area contributed by atoms with Crippen LogP contribution in [0.5, 0.6) is 5.75 Å². The fourth-order valence-corrected chi connectivity index (χ4v) is 3.50. The van der Waals surface area contributed by atoms with Crippen LogP contribution < -0.4 is 4.74 Å². The van der Waals surface area contributed by atoms with Crippen LogP contribution in [0.1, 0.15) is 50.3 Å². The van der Waals surface area contributed by atoms with Crippen molar-refractivity contribution in [2.24, 2.45) is 5.92 Å². The van der Waals surface area contributed by atoms with Gasteiger partial charge in [-0.15, -0.1) is 0 Å². The first kappa shape index (κ1) is 24.9. The molecule has 2 aromatic carbocycles. The zero-order valence-corrected chi connectivity index (χ0v) is 19.6. The van der Waals surface area contributed by atoms with E-state index in [2.05, 4.69) is 63.8 Å². The first-order chi connectivity index (χ1) is 15.4. The topological polar surface area (TPSA) is 46.5 Å². The molecule has 0 amide bonds. The molecule has 168 valence electrons. The largest absolute Gasteiger partial charge is 0.497 e. The van der Waals surface area contributed by atoms with Crippen molar-refractivity contribution < 1.29 is 14.6 Å². The van der Waals surface area contributed by atoms with E-state index in [1.54, 1.807) is 13.2 Å². The number of hydrogen-bond donors (Lipinski definition) is 1. The highest BCUT2D eigenvalue weighted by molar-refractivity contribution is 5.88. The maximum Gasteiger partial charge on any atom is 0.328 e. The van der Waals surface area contributed by atoms with Crippen LogP contribution in [0.15, 0.2) is 73.4 Å². The van der Waals surface area contributed by atoms with E-state index in [-0.39, 0.29) is 0 Å². The van der Waals surface area contributed by atoms with Gasteiger partial charge in [-0.1, -0.05) is 82.3 Å². The van der Waals surface area contributed by atoms with Gasteiger partial charge in [0.1, 0.15) is 5.75 Å². The van der Waals surface area contributed by atoms with Gasteiger partial charge >= 0.3 is 5.97 Å². The van der Waals surface area contributed by atoms with Crippen molar-refractivity contribution >= 4 is 17.6 Å². The minimum Gasteiger partial charge on any atom is -0.497 e. The molecule has 0 saturated carbocycles. The third kappa shape index (κ3) is 7.12. The number of hydrogen-bond acceptors (Lipinski definition) is 2. The fraction of sp³-hybridized carbons (Fsp3) is 0.276. The van der Waals surface area contributed by atoms with E-state index in [0.717, 1.165) is 47.6 Å². The van der Waals surface area contributed by atoms with Crippen LogP contribution in [0.25, 0.3) is 22.8 Å². The number of ether oxygens (including phenoxy) is 1. The van der Waals surface area contributed by atoms with Crippen LogP contribution in [-0.2, 0) is 11.2 Å². The summed E-state index contributed by atoms with van der Waals surface area (Å²) < 4.78 is 5.34. The summed E-state index contributed by atoms with van der Waals surface area (Å²) >= 11 is 0. The second kappa shape index (κ2) is 12.5. The number of aryl methyl sites for hydroxylation is 1. The van der Waals surface area contributed by atoms with Crippen molar-refractivity contribution in [1.29, 1.82) is 0 Å². The van der Waals surface area contributed by atoms with Gasteiger partial charge in [-0.05, 0) is 70.4 Å². The normalized spacial score (nSPS) is 12.1. The number of allylic oxidation sites excluding steroid dienone is 5. The Balaban J connectivity index is 2.59. The van der Waals surface area contributed by atoms with Gasteiger partial charge < -0.3 is 9.84 Å². The summed E-state index contributed by atoms with van der Waals surface area (Å²) in [6, 6.07) is 12.2. The minimum atomic E-state index is -0.979. The Morgan fingerprint density at radius 2 is 1.97 bits per heavy atom. The van der Waals surface area contributed by atoms with Gasteiger partial charge in [-0.25, -0.2) is 4.79 Å². The highest BCUT2D eigenvalue weighted by Gasteiger charge is 2.11. The van der Waals surface area contributed by atoms with E-state index >= 15 is 0 Å². The van der Waals surface area contributed by atoms with Crippen LogP contribution in [-0.4, -0.2) is 18.2 Å². The van der Waals surface area contributed by atoms with Gasteiger partial charge in [0.15, 0.2) is 0 Å². The van der Waals surface area contributed by atoms with E-state index in [4.69, 9.17) is 9.84 Å². The van der Waals surface area contributed by atoms with Crippen LogP contribution in [0, 0.1) is 5.92 Å². The molecule has 0 aromatic heterocycles. The molecule has 2 rings (SSSR count). The molecular formula is C29H34O3. The zero-order valence-electron chi connectivity index (χ0n) is 19.6. The molecule has 0 atom stereocenters. The quantitative estimate of drug-likeness (QED) is 0.295. The van der Waals surface area contributed by atoms with Crippen LogP contribution in [0.3, 0.4) is 0 Å². The predicted octanol–water partition coefficient (Wildman–Crippen LogP) is 7.58. The molecule has 0 fully saturated rings. The Hall–Kier alpha value is -3.33. The SMILES string of the molecule is C=C/C(=C\C=C/C(C)C)c1ccc(-c2ccc(OC)cc2/C=C/C(=O)O)cc1CCCC. The molecule has 0 radical (unpaired) electrons. The van der Waals surface area contributed by atoms with Crippen molar-refractivity contribution in [3.8, 4) is 16.9 Å². The van der Waals surface area contributed by atoms with E-state index in [1.807, 2.05) is 24.3 Å². The molecule has 0 aliphatic carbocycles. The van der Waals surface area contributed by atoms with Gasteiger partial charge in [-0.3, -0.25) is 0 Å². The summed E-state index contributed by atoms with van der Waals surface area (Å²) in [4.78, 5) is 11.1. The Kier molecular flexibility index (Phi) is 9.75. The zero-order chi connectivity index (χ0) is 23.5. The summed E-state index contributed by atoms with van der Waals surface area (Å²) in [7, 11) is 1.61. The second-order valence-corrected chi connectivity index (χ2v) is 8.06. The predicted molar refractivity (Wildman–Crippen MR) is 136 cm³/mol. The number of rotatable bonds is 11. The van der Waals surface area contributed by atoms with E-state index in [9.17, 15) is 4.79 Å². The number of carboxylic acid groups (broad SMARTS) is 1. The Bertz CT molecular complexity index is 1020. The summed E-state index contributed by atoms with van der Waals surface area (Å²) in [5.41, 5.74) is 6.37. The molecule has 0 aliphatic heterocycles. The van der Waals surface area contributed by atoms with Gasteiger partial charge in [0, 0.05) is 6.08 Å². The van der Waals surface area contributed by atoms with Gasteiger partial charge in [0.05, 0.1) is 7.11 Å². The molecule has 0 aliphatic rings. The number of carbonyl (C=O) groups is 1. The Morgan fingerprint density at radius 3 is 2.59 bits per heavy atom. The lowest BCUT2D eigenvalue weighted by Gasteiger charge is -2.15. The molecular weight excluding hydrogens is 396 g/mol. The first-order valence-electron chi connectivity index (χ1n) is 11.1. The minimum absolute atomic E-state index is 0.492. The van der Waals surface area contributed by atoms with Gasteiger partial charge in [0.25, 0.3) is 0 Å². The maximum absolute atomic E-state index is 11.1. The second-order valence-electron chi connectivity index (χ2n) is 8.06. The molecule has 0 saturated heterocycles. The Morgan fingerprint density at radius 1 is 1.19 bits per heavy atom. The summed E-state index contributed by atoms with van der Waals surface area (Å²) in [5, 5.41) is 9.09. The number of benzene rings is 2. The molecule has 1 N–H and O–H groups in total. The van der Waals surface area contributed by atoms with Crippen LogP contribution >= 0.6 is 0 Å². The maximum atomic E-state index is 11.1.